The Balaban J connectivity index is 1.75. The summed E-state index contributed by atoms with van der Waals surface area (Å²) in [5.74, 6) is -1.82. The maximum atomic E-state index is 12.6. The van der Waals surface area contributed by atoms with Crippen LogP contribution in [0.4, 0.5) is 19.0 Å². The molecule has 11 heteroatoms. The number of nitrogens with zero attached hydrogens (tertiary/aromatic N) is 3. The van der Waals surface area contributed by atoms with Crippen molar-refractivity contribution in [3.63, 3.8) is 0 Å². The maximum absolute atomic E-state index is 12.6. The Hall–Kier alpha value is -3.89. The highest BCUT2D eigenvalue weighted by Gasteiger charge is 2.31. The van der Waals surface area contributed by atoms with Crippen LogP contribution in [0.2, 0.25) is 0 Å². The van der Waals surface area contributed by atoms with Crippen LogP contribution < -0.4 is 10.5 Å². The molecule has 0 bridgehead atoms. The lowest BCUT2D eigenvalue weighted by molar-refractivity contribution is -0.274. The minimum Gasteiger partial charge on any atom is -0.452 e. The van der Waals surface area contributed by atoms with E-state index in [0.29, 0.717) is 22.6 Å². The van der Waals surface area contributed by atoms with E-state index in [1.54, 1.807) is 24.5 Å². The summed E-state index contributed by atoms with van der Waals surface area (Å²) in [6.07, 6.45) is -2.20. The molecule has 8 nitrogen and oxygen atoms in total. The molecule has 0 fully saturated rings. The number of benzene rings is 1. The molecule has 0 aliphatic rings. The van der Waals surface area contributed by atoms with Crippen molar-refractivity contribution in [1.82, 2.24) is 14.5 Å². The molecule has 0 spiro atoms. The lowest BCUT2D eigenvalue weighted by Gasteiger charge is -2.12. The Labute approximate surface area is 174 Å². The lowest BCUT2D eigenvalue weighted by Crippen LogP contribution is -2.17. The highest BCUT2D eigenvalue weighted by atomic mass is 19.4. The molecule has 0 atom stereocenters. The van der Waals surface area contributed by atoms with Crippen LogP contribution in [0.15, 0.2) is 42.7 Å². The third-order valence-corrected chi connectivity index (χ3v) is 4.31. The second-order valence-corrected chi connectivity index (χ2v) is 6.45. The van der Waals surface area contributed by atoms with E-state index in [9.17, 15) is 22.8 Å². The van der Waals surface area contributed by atoms with Gasteiger partial charge in [0.1, 0.15) is 5.75 Å². The first-order chi connectivity index (χ1) is 14.6. The van der Waals surface area contributed by atoms with E-state index in [4.69, 9.17) is 10.5 Å². The molecule has 1 aromatic carbocycles. The van der Waals surface area contributed by atoms with E-state index in [2.05, 4.69) is 14.7 Å². The molecule has 3 rings (SSSR count). The zero-order valence-corrected chi connectivity index (χ0v) is 16.4. The largest absolute Gasteiger partial charge is 0.573 e. The van der Waals surface area contributed by atoms with Gasteiger partial charge in [0.15, 0.2) is 18.1 Å². The summed E-state index contributed by atoms with van der Waals surface area (Å²) in [5, 5.41) is 0. The Bertz CT molecular complexity index is 1120. The number of alkyl halides is 3. The SMILES string of the molecule is Cc1cc(C(=O)COC(=O)c2nccnc2N)c(C)n1-c1ccc(OC(F)(F)F)cc1. The molecule has 0 aliphatic heterocycles. The summed E-state index contributed by atoms with van der Waals surface area (Å²) in [5.41, 5.74) is 7.39. The maximum Gasteiger partial charge on any atom is 0.573 e. The molecule has 2 N–H and O–H groups in total. The van der Waals surface area contributed by atoms with Crippen LogP contribution in [0.5, 0.6) is 5.75 Å². The smallest absolute Gasteiger partial charge is 0.452 e. The van der Waals surface area contributed by atoms with Crippen LogP contribution in [0.25, 0.3) is 5.69 Å². The molecule has 0 saturated carbocycles. The number of esters is 1. The molecule has 0 aliphatic carbocycles. The van der Waals surface area contributed by atoms with Crippen molar-refractivity contribution >= 4 is 17.6 Å². The molecule has 0 unspecified atom stereocenters. The molecule has 31 heavy (non-hydrogen) atoms. The minimum absolute atomic E-state index is 0.115. The number of carbonyl (C=O) groups excluding carboxylic acids is 2. The third kappa shape index (κ3) is 5.00. The molecule has 2 heterocycles. The average Bonchev–Trinajstić information content (AvgIpc) is 3.00. The van der Waals surface area contributed by atoms with Crippen LogP contribution in [-0.4, -0.2) is 39.3 Å². The fraction of sp³-hybridized carbons (Fsp3) is 0.200. The molecular weight excluding hydrogens is 417 g/mol. The number of halogens is 3. The standard InChI is InChI=1S/C20H17F3N4O4/c1-11-9-15(16(28)10-30-19(29)17-18(24)26-8-7-25-17)12(2)27(11)13-3-5-14(6-4-13)31-20(21,22)23/h3-9H,10H2,1-2H3,(H2,24,26). The summed E-state index contributed by atoms with van der Waals surface area (Å²) in [6, 6.07) is 6.83. The van der Waals surface area contributed by atoms with Crippen LogP contribution in [0.3, 0.4) is 0 Å². The van der Waals surface area contributed by atoms with Gasteiger partial charge in [0.25, 0.3) is 0 Å². The number of nitrogen functional groups attached to an aromatic ring is 1. The predicted octanol–water partition coefficient (Wildman–Crippen LogP) is 3.40. The van der Waals surface area contributed by atoms with Gasteiger partial charge < -0.3 is 19.8 Å². The van der Waals surface area contributed by atoms with Gasteiger partial charge in [-0.05, 0) is 44.2 Å². The van der Waals surface area contributed by atoms with Gasteiger partial charge >= 0.3 is 12.3 Å². The molecule has 3 aromatic rings. The number of aromatic nitrogens is 3. The summed E-state index contributed by atoms with van der Waals surface area (Å²) in [6.45, 7) is 2.86. The highest BCUT2D eigenvalue weighted by Crippen LogP contribution is 2.26. The number of carbonyl (C=O) groups is 2. The summed E-state index contributed by atoms with van der Waals surface area (Å²) in [4.78, 5) is 32.2. The normalized spacial score (nSPS) is 11.3. The quantitative estimate of drug-likeness (QED) is 0.468. The fourth-order valence-corrected chi connectivity index (χ4v) is 3.02. The molecule has 0 saturated heterocycles. The van der Waals surface area contributed by atoms with Gasteiger partial charge in [-0.25, -0.2) is 14.8 Å². The van der Waals surface area contributed by atoms with Crippen molar-refractivity contribution in [3.05, 3.63) is 65.4 Å². The second kappa shape index (κ2) is 8.46. The van der Waals surface area contributed by atoms with E-state index in [0.717, 1.165) is 0 Å². The van der Waals surface area contributed by atoms with E-state index >= 15 is 0 Å². The molecule has 162 valence electrons. The summed E-state index contributed by atoms with van der Waals surface area (Å²) < 4.78 is 47.5. The van der Waals surface area contributed by atoms with Crippen LogP contribution >= 0.6 is 0 Å². The lowest BCUT2D eigenvalue weighted by atomic mass is 10.1. The van der Waals surface area contributed by atoms with Crippen molar-refractivity contribution in [2.45, 2.75) is 20.2 Å². The zero-order valence-electron chi connectivity index (χ0n) is 16.4. The Kier molecular flexibility index (Phi) is 5.95. The fourth-order valence-electron chi connectivity index (χ4n) is 3.02. The Morgan fingerprint density at radius 3 is 2.35 bits per heavy atom. The first-order valence-electron chi connectivity index (χ1n) is 8.88. The molecular formula is C20H17F3N4O4. The van der Waals surface area contributed by atoms with E-state index in [1.165, 1.54) is 36.7 Å². The number of rotatable bonds is 6. The number of nitrogens with two attached hydrogens (primary N) is 1. The van der Waals surface area contributed by atoms with Gasteiger partial charge in [0.05, 0.1) is 0 Å². The van der Waals surface area contributed by atoms with E-state index in [1.807, 2.05) is 0 Å². The van der Waals surface area contributed by atoms with Gasteiger partial charge in [-0.3, -0.25) is 4.79 Å². The van der Waals surface area contributed by atoms with Crippen molar-refractivity contribution in [2.24, 2.45) is 0 Å². The van der Waals surface area contributed by atoms with Crippen molar-refractivity contribution < 1.29 is 32.2 Å². The summed E-state index contributed by atoms with van der Waals surface area (Å²) in [7, 11) is 0. The second-order valence-electron chi connectivity index (χ2n) is 6.45. The van der Waals surface area contributed by atoms with Gasteiger partial charge in [0.2, 0.25) is 5.78 Å². The predicted molar refractivity (Wildman–Crippen MR) is 103 cm³/mol. The van der Waals surface area contributed by atoms with Crippen LogP contribution in [0, 0.1) is 13.8 Å². The third-order valence-electron chi connectivity index (χ3n) is 4.31. The zero-order chi connectivity index (χ0) is 22.8. The average molecular weight is 434 g/mol. The molecule has 0 amide bonds. The minimum atomic E-state index is -4.78. The van der Waals surface area contributed by atoms with Crippen molar-refractivity contribution in [2.75, 3.05) is 12.3 Å². The Morgan fingerprint density at radius 2 is 1.74 bits per heavy atom. The van der Waals surface area contributed by atoms with Gasteiger partial charge in [-0.1, -0.05) is 0 Å². The number of anilines is 1. The highest BCUT2D eigenvalue weighted by molar-refractivity contribution is 6.01. The van der Waals surface area contributed by atoms with Crippen LogP contribution in [-0.2, 0) is 4.74 Å². The molecule has 2 aromatic heterocycles. The Morgan fingerprint density at radius 1 is 1.10 bits per heavy atom. The number of hydrogen-bond donors (Lipinski definition) is 1. The first kappa shape index (κ1) is 21.8. The number of ketones is 1. The van der Waals surface area contributed by atoms with Crippen molar-refractivity contribution in [3.8, 4) is 11.4 Å². The number of Topliss-reactive ketones (excluding diaryl/α,β-unsaturated/α-hetero) is 1. The van der Waals surface area contributed by atoms with Crippen molar-refractivity contribution in [1.29, 1.82) is 0 Å². The number of aryl methyl sites for hydroxylation is 1. The van der Waals surface area contributed by atoms with Gasteiger partial charge in [-0.15, -0.1) is 13.2 Å². The first-order valence-corrected chi connectivity index (χ1v) is 8.88. The van der Waals surface area contributed by atoms with Gasteiger partial charge in [-0.2, -0.15) is 0 Å². The van der Waals surface area contributed by atoms with Gasteiger partial charge in [0, 0.05) is 35.0 Å². The monoisotopic (exact) mass is 434 g/mol. The topological polar surface area (TPSA) is 109 Å². The van der Waals surface area contributed by atoms with Crippen LogP contribution in [0.1, 0.15) is 32.2 Å². The molecule has 0 radical (unpaired) electrons. The van der Waals surface area contributed by atoms with E-state index in [-0.39, 0.29) is 17.3 Å². The number of ether oxygens (including phenoxy) is 2. The summed E-state index contributed by atoms with van der Waals surface area (Å²) >= 11 is 0. The number of hydrogen-bond acceptors (Lipinski definition) is 7. The van der Waals surface area contributed by atoms with E-state index < -0.39 is 24.7 Å².